The average molecular weight is 515 g/mol. The minimum atomic E-state index is -0.292. The van der Waals surface area contributed by atoms with Crippen LogP contribution in [-0.4, -0.2) is 61.0 Å². The molecule has 0 saturated carbocycles. The molecule has 3 aromatic rings. The predicted molar refractivity (Wildman–Crippen MR) is 149 cm³/mol. The van der Waals surface area contributed by atoms with Crippen molar-refractivity contribution < 1.29 is 14.0 Å². The monoisotopic (exact) mass is 514 g/mol. The molecular weight excluding hydrogens is 479 g/mol. The number of aryl methyl sites for hydroxylation is 2. The Morgan fingerprint density at radius 3 is 2.24 bits per heavy atom. The number of rotatable bonds is 4. The number of likely N-dealkylation sites (tertiary alicyclic amines) is 1. The quantitative estimate of drug-likeness (QED) is 0.505. The number of halogens is 1. The van der Waals surface area contributed by atoms with Gasteiger partial charge in [-0.05, 0) is 61.2 Å². The number of hydrogen-bond acceptors (Lipinski definition) is 3. The van der Waals surface area contributed by atoms with Crippen LogP contribution in [0, 0.1) is 25.6 Å². The number of carbonyl (C=O) groups is 2. The molecule has 3 amide bonds. The van der Waals surface area contributed by atoms with Crippen molar-refractivity contribution in [1.29, 1.82) is 0 Å². The maximum Gasteiger partial charge on any atom is 0.321 e. The highest BCUT2D eigenvalue weighted by Crippen LogP contribution is 2.32. The summed E-state index contributed by atoms with van der Waals surface area (Å²) in [5.74, 6) is -0.387. The summed E-state index contributed by atoms with van der Waals surface area (Å²) < 4.78 is 14.3. The fourth-order valence-electron chi connectivity index (χ4n) is 5.57. The molecule has 5 rings (SSSR count). The van der Waals surface area contributed by atoms with E-state index in [4.69, 9.17) is 0 Å². The lowest BCUT2D eigenvalue weighted by Crippen LogP contribution is -2.54. The van der Waals surface area contributed by atoms with Gasteiger partial charge in [-0.3, -0.25) is 4.79 Å². The zero-order valence-electron chi connectivity index (χ0n) is 22.1. The van der Waals surface area contributed by atoms with Crippen LogP contribution in [-0.2, 0) is 4.79 Å². The van der Waals surface area contributed by atoms with E-state index < -0.39 is 0 Å². The Morgan fingerprint density at radius 2 is 1.53 bits per heavy atom. The van der Waals surface area contributed by atoms with Crippen LogP contribution in [0.5, 0.6) is 0 Å². The minimum absolute atomic E-state index is 0.0720. The molecule has 38 heavy (non-hydrogen) atoms. The van der Waals surface area contributed by atoms with Gasteiger partial charge in [-0.25, -0.2) is 9.18 Å². The molecule has 0 aliphatic carbocycles. The zero-order valence-corrected chi connectivity index (χ0v) is 22.1. The van der Waals surface area contributed by atoms with Crippen molar-refractivity contribution in [2.75, 3.05) is 49.5 Å². The molecule has 2 saturated heterocycles. The summed E-state index contributed by atoms with van der Waals surface area (Å²) in [6.45, 7) is 7.25. The smallest absolute Gasteiger partial charge is 0.321 e. The highest BCUT2D eigenvalue weighted by Gasteiger charge is 2.37. The third-order valence-electron chi connectivity index (χ3n) is 7.90. The van der Waals surface area contributed by atoms with Gasteiger partial charge in [-0.1, -0.05) is 48.5 Å². The molecule has 2 atom stereocenters. The molecule has 0 spiro atoms. The molecule has 0 bridgehead atoms. The average Bonchev–Trinajstić information content (AvgIpc) is 2.95. The maximum atomic E-state index is 14.3. The summed E-state index contributed by atoms with van der Waals surface area (Å²) in [5, 5.41) is 3.04. The first kappa shape index (κ1) is 25.8. The molecule has 1 N–H and O–H groups in total. The minimum Gasteiger partial charge on any atom is -0.366 e. The first-order valence-corrected chi connectivity index (χ1v) is 13.4. The van der Waals surface area contributed by atoms with Crippen molar-refractivity contribution in [2.45, 2.75) is 26.2 Å². The summed E-state index contributed by atoms with van der Waals surface area (Å²) in [4.78, 5) is 32.8. The molecule has 0 radical (unpaired) electrons. The third-order valence-corrected chi connectivity index (χ3v) is 7.90. The van der Waals surface area contributed by atoms with Crippen LogP contribution in [0.4, 0.5) is 20.6 Å². The summed E-state index contributed by atoms with van der Waals surface area (Å²) >= 11 is 0. The normalized spacial score (nSPS) is 19.8. The highest BCUT2D eigenvalue weighted by molar-refractivity contribution is 5.90. The van der Waals surface area contributed by atoms with E-state index in [1.54, 1.807) is 17.0 Å². The van der Waals surface area contributed by atoms with Gasteiger partial charge in [0, 0.05) is 50.9 Å². The maximum absolute atomic E-state index is 14.3. The topological polar surface area (TPSA) is 55.9 Å². The van der Waals surface area contributed by atoms with Gasteiger partial charge in [0.2, 0.25) is 5.91 Å². The number of nitrogens with zero attached hydrogens (tertiary/aromatic N) is 3. The highest BCUT2D eigenvalue weighted by atomic mass is 19.1. The van der Waals surface area contributed by atoms with E-state index in [2.05, 4.69) is 17.4 Å². The Bertz CT molecular complexity index is 1290. The van der Waals surface area contributed by atoms with E-state index in [0.29, 0.717) is 51.4 Å². The molecule has 2 heterocycles. The van der Waals surface area contributed by atoms with Crippen LogP contribution < -0.4 is 10.2 Å². The summed E-state index contributed by atoms with van der Waals surface area (Å²) in [6.07, 6.45) is 0.698. The van der Waals surface area contributed by atoms with E-state index in [-0.39, 0.29) is 29.6 Å². The molecule has 0 aromatic heterocycles. The fourth-order valence-corrected chi connectivity index (χ4v) is 5.57. The summed E-state index contributed by atoms with van der Waals surface area (Å²) in [5.41, 5.74) is 4.76. The Balaban J connectivity index is 1.29. The number of para-hydroxylation sites is 1. The van der Waals surface area contributed by atoms with Crippen LogP contribution >= 0.6 is 0 Å². The summed E-state index contributed by atoms with van der Waals surface area (Å²) in [6, 6.07) is 22.6. The van der Waals surface area contributed by atoms with E-state index in [1.165, 1.54) is 11.6 Å². The van der Waals surface area contributed by atoms with E-state index in [9.17, 15) is 14.0 Å². The molecule has 3 aromatic carbocycles. The van der Waals surface area contributed by atoms with Crippen LogP contribution in [0.25, 0.3) is 0 Å². The van der Waals surface area contributed by atoms with Gasteiger partial charge in [0.15, 0.2) is 0 Å². The number of piperazine rings is 1. The number of nitrogens with one attached hydrogen (secondary N) is 1. The van der Waals surface area contributed by atoms with Crippen molar-refractivity contribution in [1.82, 2.24) is 9.80 Å². The Morgan fingerprint density at radius 1 is 0.816 bits per heavy atom. The lowest BCUT2D eigenvalue weighted by molar-refractivity contribution is -0.137. The second-order valence-corrected chi connectivity index (χ2v) is 10.4. The number of piperidine rings is 1. The molecule has 2 aliphatic heterocycles. The lowest BCUT2D eigenvalue weighted by Gasteiger charge is -2.41. The zero-order chi connectivity index (χ0) is 26.6. The lowest BCUT2D eigenvalue weighted by atomic mass is 9.84. The van der Waals surface area contributed by atoms with E-state index in [0.717, 1.165) is 16.8 Å². The van der Waals surface area contributed by atoms with Crippen molar-refractivity contribution >= 4 is 23.3 Å². The Labute approximate surface area is 224 Å². The molecule has 6 nitrogen and oxygen atoms in total. The van der Waals surface area contributed by atoms with Gasteiger partial charge in [-0.15, -0.1) is 0 Å². The van der Waals surface area contributed by atoms with Gasteiger partial charge in [0.05, 0.1) is 11.6 Å². The second kappa shape index (κ2) is 11.3. The Kier molecular flexibility index (Phi) is 7.63. The van der Waals surface area contributed by atoms with Gasteiger partial charge >= 0.3 is 6.03 Å². The molecule has 2 aliphatic rings. The van der Waals surface area contributed by atoms with Crippen molar-refractivity contribution in [2.24, 2.45) is 5.92 Å². The first-order valence-electron chi connectivity index (χ1n) is 13.4. The van der Waals surface area contributed by atoms with Crippen LogP contribution in [0.3, 0.4) is 0 Å². The summed E-state index contributed by atoms with van der Waals surface area (Å²) in [7, 11) is 0. The molecular formula is C31H35FN4O2. The number of carbonyl (C=O) groups excluding carboxylic acids is 2. The number of benzene rings is 3. The molecule has 0 unspecified atom stereocenters. The molecule has 7 heteroatoms. The van der Waals surface area contributed by atoms with Crippen molar-refractivity contribution in [3.63, 3.8) is 0 Å². The van der Waals surface area contributed by atoms with E-state index in [1.807, 2.05) is 66.1 Å². The van der Waals surface area contributed by atoms with Crippen LogP contribution in [0.1, 0.15) is 29.0 Å². The third kappa shape index (κ3) is 5.67. The number of hydrogen-bond donors (Lipinski definition) is 1. The predicted octanol–water partition coefficient (Wildman–Crippen LogP) is 5.43. The standard InChI is InChI=1S/C31H35FN4O2/c1-22-12-13-27(18-23(22)2)33-31(38)36-20-25(24-8-4-3-5-9-24)19-26(21-36)30(37)35-16-14-34(15-17-35)29-11-7-6-10-28(29)32/h3-13,18,25-26H,14-17,19-21H2,1-2H3,(H,33,38)/t25-,26-/m1/s1. The molecule has 198 valence electrons. The van der Waals surface area contributed by atoms with Crippen molar-refractivity contribution in [3.05, 3.63) is 95.3 Å². The van der Waals surface area contributed by atoms with Crippen LogP contribution in [0.15, 0.2) is 72.8 Å². The van der Waals surface area contributed by atoms with E-state index >= 15 is 0 Å². The van der Waals surface area contributed by atoms with Gasteiger partial charge in [0.25, 0.3) is 0 Å². The second-order valence-electron chi connectivity index (χ2n) is 10.4. The molecule has 2 fully saturated rings. The SMILES string of the molecule is Cc1ccc(NC(=O)N2C[C@H](C(=O)N3CCN(c4ccccc4F)CC3)C[C@@H](c3ccccc3)C2)cc1C. The number of anilines is 2. The number of amides is 3. The van der Waals surface area contributed by atoms with Gasteiger partial charge in [0.1, 0.15) is 5.82 Å². The van der Waals surface area contributed by atoms with Gasteiger partial charge < -0.3 is 20.0 Å². The largest absolute Gasteiger partial charge is 0.366 e. The van der Waals surface area contributed by atoms with Gasteiger partial charge in [-0.2, -0.15) is 0 Å². The Hall–Kier alpha value is -3.87. The first-order chi connectivity index (χ1) is 18.4. The number of urea groups is 1. The fraction of sp³-hybridized carbons (Fsp3) is 0.355. The van der Waals surface area contributed by atoms with Crippen LogP contribution in [0.2, 0.25) is 0 Å². The van der Waals surface area contributed by atoms with Crippen molar-refractivity contribution in [3.8, 4) is 0 Å².